The van der Waals surface area contributed by atoms with Crippen LogP contribution in [-0.2, 0) is 14.8 Å². The number of amides is 1. The largest absolute Gasteiger partial charge is 0.441 e. The number of hydrogen-bond donors (Lipinski definition) is 0. The lowest BCUT2D eigenvalue weighted by Gasteiger charge is -2.45. The summed E-state index contributed by atoms with van der Waals surface area (Å²) in [6.07, 6.45) is 10.9. The average Bonchev–Trinajstić information content (AvgIpc) is 3.78. The molecule has 2 aromatic rings. The van der Waals surface area contributed by atoms with Crippen LogP contribution in [0.4, 0.5) is 9.18 Å². The van der Waals surface area contributed by atoms with E-state index in [0.29, 0.717) is 55.4 Å². The Balaban J connectivity index is 1.24. The molecule has 4 aliphatic rings. The van der Waals surface area contributed by atoms with Crippen molar-refractivity contribution >= 4 is 27.7 Å². The molecule has 0 radical (unpaired) electrons. The van der Waals surface area contributed by atoms with Gasteiger partial charge < -0.3 is 14.5 Å². The summed E-state index contributed by atoms with van der Waals surface area (Å²) in [6.45, 7) is 3.57. The molecular formula is C30H38ClFN4O4S. The van der Waals surface area contributed by atoms with Crippen molar-refractivity contribution in [3.8, 4) is 0 Å². The Morgan fingerprint density at radius 1 is 0.951 bits per heavy atom. The Bertz CT molecular complexity index is 1340. The van der Waals surface area contributed by atoms with E-state index in [0.717, 1.165) is 38.5 Å². The van der Waals surface area contributed by atoms with Gasteiger partial charge in [-0.2, -0.15) is 4.31 Å². The van der Waals surface area contributed by atoms with Gasteiger partial charge in [0.05, 0.1) is 23.2 Å². The molecule has 1 saturated carbocycles. The zero-order valence-corrected chi connectivity index (χ0v) is 24.8. The number of carbonyl (C=O) groups excluding carboxylic acids is 1. The van der Waals surface area contributed by atoms with E-state index in [2.05, 4.69) is 9.88 Å². The van der Waals surface area contributed by atoms with E-state index in [9.17, 15) is 17.6 Å². The summed E-state index contributed by atoms with van der Waals surface area (Å²) in [5.74, 6) is -0.519. The number of likely N-dealkylation sites (tertiary alicyclic amines) is 2. The fourth-order valence-electron chi connectivity index (χ4n) is 7.02. The van der Waals surface area contributed by atoms with E-state index in [1.807, 2.05) is 0 Å². The zero-order chi connectivity index (χ0) is 28.6. The molecule has 41 heavy (non-hydrogen) atoms. The number of aromatic nitrogens is 1. The molecule has 1 aromatic heterocycles. The van der Waals surface area contributed by atoms with Crippen molar-refractivity contribution in [1.29, 1.82) is 0 Å². The van der Waals surface area contributed by atoms with Crippen LogP contribution in [0.1, 0.15) is 75.8 Å². The molecule has 0 spiro atoms. The van der Waals surface area contributed by atoms with Crippen LogP contribution in [0.2, 0.25) is 5.02 Å². The number of rotatable bonds is 6. The highest BCUT2D eigenvalue weighted by Gasteiger charge is 2.60. The second kappa shape index (κ2) is 11.8. The monoisotopic (exact) mass is 604 g/mol. The first-order valence-corrected chi connectivity index (χ1v) is 16.7. The third-order valence-electron chi connectivity index (χ3n) is 9.34. The van der Waals surface area contributed by atoms with Gasteiger partial charge in [0, 0.05) is 30.4 Å². The molecule has 4 fully saturated rings. The first kappa shape index (κ1) is 28.8. The van der Waals surface area contributed by atoms with Crippen LogP contribution in [0.5, 0.6) is 0 Å². The molecule has 222 valence electrons. The van der Waals surface area contributed by atoms with Gasteiger partial charge in [0.1, 0.15) is 11.4 Å². The lowest BCUT2D eigenvalue weighted by molar-refractivity contribution is -0.0144. The molecule has 6 rings (SSSR count). The number of hydrogen-bond acceptors (Lipinski definition) is 6. The summed E-state index contributed by atoms with van der Waals surface area (Å²) >= 11 is 6.06. The highest BCUT2D eigenvalue weighted by Crippen LogP contribution is 2.52. The number of ether oxygens (including phenoxy) is 1. The van der Waals surface area contributed by atoms with Crippen LogP contribution in [0.25, 0.3) is 0 Å². The average molecular weight is 605 g/mol. The second-order valence-electron chi connectivity index (χ2n) is 11.9. The Labute approximate surface area is 246 Å². The first-order chi connectivity index (χ1) is 19.8. The van der Waals surface area contributed by atoms with Crippen LogP contribution in [-0.4, -0.2) is 77.5 Å². The molecule has 8 nitrogen and oxygen atoms in total. The molecule has 1 aromatic carbocycles. The third kappa shape index (κ3) is 5.98. The molecule has 11 heteroatoms. The van der Waals surface area contributed by atoms with E-state index in [1.165, 1.54) is 48.0 Å². The number of piperidine rings is 3. The van der Waals surface area contributed by atoms with Crippen molar-refractivity contribution in [3.63, 3.8) is 0 Å². The van der Waals surface area contributed by atoms with Gasteiger partial charge in [0.25, 0.3) is 0 Å². The normalized spacial score (nSPS) is 26.0. The lowest BCUT2D eigenvalue weighted by atomic mass is 9.90. The summed E-state index contributed by atoms with van der Waals surface area (Å²) < 4.78 is 50.5. The van der Waals surface area contributed by atoms with E-state index in [-0.39, 0.29) is 11.0 Å². The minimum Gasteiger partial charge on any atom is -0.441 e. The predicted octanol–water partition coefficient (Wildman–Crippen LogP) is 5.78. The van der Waals surface area contributed by atoms with Crippen molar-refractivity contribution in [3.05, 3.63) is 59.1 Å². The molecule has 1 amide bonds. The number of halogens is 2. The van der Waals surface area contributed by atoms with Gasteiger partial charge in [-0.1, -0.05) is 18.0 Å². The number of sulfonamides is 1. The summed E-state index contributed by atoms with van der Waals surface area (Å²) in [7, 11) is -4.05. The smallest absolute Gasteiger partial charge is 0.410 e. The molecule has 2 atom stereocenters. The Morgan fingerprint density at radius 3 is 2.32 bits per heavy atom. The van der Waals surface area contributed by atoms with Gasteiger partial charge in [0.2, 0.25) is 10.0 Å². The Hall–Kier alpha value is -2.27. The molecule has 0 unspecified atom stereocenters. The van der Waals surface area contributed by atoms with Crippen molar-refractivity contribution < 1.29 is 22.3 Å². The minimum atomic E-state index is -4.05. The third-order valence-corrected chi connectivity index (χ3v) is 11.5. The highest BCUT2D eigenvalue weighted by molar-refractivity contribution is 7.89. The topological polar surface area (TPSA) is 83.0 Å². The van der Waals surface area contributed by atoms with Crippen molar-refractivity contribution in [2.45, 2.75) is 92.8 Å². The summed E-state index contributed by atoms with van der Waals surface area (Å²) in [5, 5.41) is 0.432. The van der Waals surface area contributed by atoms with Gasteiger partial charge in [0.15, 0.2) is 0 Å². The van der Waals surface area contributed by atoms with E-state index in [1.54, 1.807) is 17.0 Å². The summed E-state index contributed by atoms with van der Waals surface area (Å²) in [4.78, 5) is 21.9. The molecule has 0 N–H and O–H groups in total. The quantitative estimate of drug-likeness (QED) is 0.416. The predicted molar refractivity (Wildman–Crippen MR) is 154 cm³/mol. The maximum Gasteiger partial charge on any atom is 0.410 e. The van der Waals surface area contributed by atoms with Crippen molar-refractivity contribution in [2.24, 2.45) is 0 Å². The van der Waals surface area contributed by atoms with Crippen LogP contribution in [0, 0.1) is 5.82 Å². The van der Waals surface area contributed by atoms with Crippen LogP contribution in [0.3, 0.4) is 0 Å². The summed E-state index contributed by atoms with van der Waals surface area (Å²) in [5.41, 5.74) is -0.408. The Kier molecular flexibility index (Phi) is 8.28. The standard InChI is InChI=1S/C30H38ClFN4O4S/c31-23-7-9-26(10-8-23)41(38,39)36-27(22-19-24(32)21-33-20-22)5-4-6-28(36)30(13-14-30)40-29(37)35-17-11-25(12-18-35)34-15-2-1-3-16-34/h7-10,19-21,25,27-28H,1-6,11-18H2/t27-,28+/m0/s1. The van der Waals surface area contributed by atoms with E-state index < -0.39 is 33.5 Å². The summed E-state index contributed by atoms with van der Waals surface area (Å²) in [6, 6.07) is 6.73. The number of carbonyl (C=O) groups is 1. The van der Waals surface area contributed by atoms with Crippen LogP contribution in [0.15, 0.2) is 47.6 Å². The number of pyridine rings is 1. The zero-order valence-electron chi connectivity index (χ0n) is 23.3. The molecule has 0 bridgehead atoms. The van der Waals surface area contributed by atoms with E-state index >= 15 is 0 Å². The van der Waals surface area contributed by atoms with Gasteiger partial charge in [-0.05, 0) is 107 Å². The van der Waals surface area contributed by atoms with Gasteiger partial charge in [-0.25, -0.2) is 17.6 Å². The molecule has 3 aliphatic heterocycles. The fraction of sp³-hybridized carbons (Fsp3) is 0.600. The highest BCUT2D eigenvalue weighted by atomic mass is 35.5. The lowest BCUT2D eigenvalue weighted by Crippen LogP contribution is -2.55. The van der Waals surface area contributed by atoms with Crippen LogP contribution >= 0.6 is 11.6 Å². The minimum absolute atomic E-state index is 0.102. The van der Waals surface area contributed by atoms with Crippen molar-refractivity contribution in [1.82, 2.24) is 19.1 Å². The SMILES string of the molecule is O=C(OC1([C@H]2CCC[C@@H](c3cncc(F)c3)N2S(=O)(=O)c2ccc(Cl)cc2)CC1)N1CCC(N2CCCCC2)CC1. The van der Waals surface area contributed by atoms with Crippen LogP contribution < -0.4 is 0 Å². The van der Waals surface area contributed by atoms with Crippen molar-refractivity contribution in [2.75, 3.05) is 26.2 Å². The second-order valence-corrected chi connectivity index (χ2v) is 14.2. The van der Waals surface area contributed by atoms with Gasteiger partial charge in [-0.3, -0.25) is 4.98 Å². The fourth-order valence-corrected chi connectivity index (χ4v) is 9.06. The number of nitrogens with zero attached hydrogens (tertiary/aromatic N) is 4. The molecule has 3 saturated heterocycles. The molecule has 4 heterocycles. The van der Waals surface area contributed by atoms with Gasteiger partial charge in [-0.15, -0.1) is 0 Å². The maximum atomic E-state index is 14.3. The van der Waals surface area contributed by atoms with Gasteiger partial charge >= 0.3 is 6.09 Å². The maximum absolute atomic E-state index is 14.3. The van der Waals surface area contributed by atoms with E-state index in [4.69, 9.17) is 16.3 Å². The molecule has 1 aliphatic carbocycles. The first-order valence-electron chi connectivity index (χ1n) is 14.9. The number of benzene rings is 1. The molecular weight excluding hydrogens is 567 g/mol. The Morgan fingerprint density at radius 2 is 1.66 bits per heavy atom.